The van der Waals surface area contributed by atoms with E-state index in [2.05, 4.69) is 10.3 Å². The molecule has 1 fully saturated rings. The van der Waals surface area contributed by atoms with E-state index in [1.807, 2.05) is 0 Å². The number of pyridine rings is 1. The number of halogens is 1. The van der Waals surface area contributed by atoms with E-state index in [1.54, 1.807) is 0 Å². The van der Waals surface area contributed by atoms with E-state index in [-0.39, 0.29) is 11.6 Å². The lowest BCUT2D eigenvalue weighted by molar-refractivity contribution is 0.0939. The number of rotatable bonds is 4. The number of nitrogens with one attached hydrogen (secondary N) is 1. The van der Waals surface area contributed by atoms with E-state index in [1.165, 1.54) is 18.6 Å². The molecule has 3 N–H and O–H groups in total. The number of hydrogen-bond acceptors (Lipinski definition) is 3. The van der Waals surface area contributed by atoms with Crippen molar-refractivity contribution in [1.29, 1.82) is 0 Å². The van der Waals surface area contributed by atoms with Crippen molar-refractivity contribution in [3.8, 4) is 0 Å². The van der Waals surface area contributed by atoms with Crippen LogP contribution in [0.1, 0.15) is 29.8 Å². The van der Waals surface area contributed by atoms with Gasteiger partial charge in [0.15, 0.2) is 0 Å². The van der Waals surface area contributed by atoms with Crippen LogP contribution in [0, 0.1) is 17.7 Å². The van der Waals surface area contributed by atoms with Crippen LogP contribution in [-0.4, -0.2) is 24.0 Å². The highest BCUT2D eigenvalue weighted by Crippen LogP contribution is 2.30. The van der Waals surface area contributed by atoms with Crippen molar-refractivity contribution in [1.82, 2.24) is 10.3 Å². The average molecular weight is 251 g/mol. The molecule has 1 aliphatic rings. The SMILES string of the molecule is NCC1CCCC1CNC(=O)c1ccc(F)cn1. The van der Waals surface area contributed by atoms with Crippen LogP contribution in [0.3, 0.4) is 0 Å². The van der Waals surface area contributed by atoms with Crippen LogP contribution in [0.5, 0.6) is 0 Å². The molecular weight excluding hydrogens is 233 g/mol. The van der Waals surface area contributed by atoms with E-state index in [4.69, 9.17) is 5.73 Å². The van der Waals surface area contributed by atoms with Crippen LogP contribution in [-0.2, 0) is 0 Å². The van der Waals surface area contributed by atoms with E-state index >= 15 is 0 Å². The van der Waals surface area contributed by atoms with Crippen molar-refractivity contribution in [2.75, 3.05) is 13.1 Å². The van der Waals surface area contributed by atoms with Gasteiger partial charge in [0.25, 0.3) is 5.91 Å². The van der Waals surface area contributed by atoms with Gasteiger partial charge in [-0.3, -0.25) is 4.79 Å². The fourth-order valence-corrected chi connectivity index (χ4v) is 2.52. The summed E-state index contributed by atoms with van der Waals surface area (Å²) in [5.41, 5.74) is 5.94. The molecule has 1 amide bonds. The number of nitrogens with zero attached hydrogens (tertiary/aromatic N) is 1. The normalized spacial score (nSPS) is 23.0. The molecule has 5 heteroatoms. The molecule has 2 rings (SSSR count). The Morgan fingerprint density at radius 2 is 2.22 bits per heavy atom. The molecule has 0 bridgehead atoms. The summed E-state index contributed by atoms with van der Waals surface area (Å²) in [6.07, 6.45) is 4.48. The predicted octanol–water partition coefficient (Wildman–Crippen LogP) is 1.33. The van der Waals surface area contributed by atoms with Gasteiger partial charge in [0, 0.05) is 6.54 Å². The highest BCUT2D eigenvalue weighted by atomic mass is 19.1. The summed E-state index contributed by atoms with van der Waals surface area (Å²) in [6, 6.07) is 2.62. The standard InChI is InChI=1S/C13H18FN3O/c14-11-4-5-12(16-8-11)13(18)17-7-10-3-1-2-9(10)6-15/h4-5,8-10H,1-3,6-7,15H2,(H,17,18). The van der Waals surface area contributed by atoms with Crippen molar-refractivity contribution < 1.29 is 9.18 Å². The second kappa shape index (κ2) is 5.91. The highest BCUT2D eigenvalue weighted by Gasteiger charge is 2.26. The molecule has 1 aromatic rings. The van der Waals surface area contributed by atoms with Gasteiger partial charge in [-0.15, -0.1) is 0 Å². The third-order valence-corrected chi connectivity index (χ3v) is 3.60. The Balaban J connectivity index is 1.86. The Hall–Kier alpha value is -1.49. The first-order chi connectivity index (χ1) is 8.70. The van der Waals surface area contributed by atoms with Gasteiger partial charge in [0.05, 0.1) is 6.20 Å². The largest absolute Gasteiger partial charge is 0.350 e. The predicted molar refractivity (Wildman–Crippen MR) is 66.4 cm³/mol. The van der Waals surface area contributed by atoms with Crippen LogP contribution in [0.4, 0.5) is 4.39 Å². The molecule has 1 saturated carbocycles. The molecule has 0 aromatic carbocycles. The number of aromatic nitrogens is 1. The monoisotopic (exact) mass is 251 g/mol. The summed E-state index contributed by atoms with van der Waals surface area (Å²) < 4.78 is 12.7. The van der Waals surface area contributed by atoms with Crippen LogP contribution in [0.25, 0.3) is 0 Å². The smallest absolute Gasteiger partial charge is 0.269 e. The zero-order chi connectivity index (χ0) is 13.0. The molecule has 1 aliphatic carbocycles. The maximum Gasteiger partial charge on any atom is 0.269 e. The topological polar surface area (TPSA) is 68.0 Å². The minimum Gasteiger partial charge on any atom is -0.350 e. The lowest BCUT2D eigenvalue weighted by Gasteiger charge is -2.18. The molecule has 0 radical (unpaired) electrons. The molecule has 0 aliphatic heterocycles. The van der Waals surface area contributed by atoms with Crippen LogP contribution >= 0.6 is 0 Å². The summed E-state index contributed by atoms with van der Waals surface area (Å²) in [5.74, 6) is 0.272. The van der Waals surface area contributed by atoms with Crippen molar-refractivity contribution in [2.45, 2.75) is 19.3 Å². The highest BCUT2D eigenvalue weighted by molar-refractivity contribution is 5.92. The van der Waals surface area contributed by atoms with Gasteiger partial charge in [-0.2, -0.15) is 0 Å². The number of carbonyl (C=O) groups is 1. The molecule has 1 heterocycles. The maximum atomic E-state index is 12.7. The average Bonchev–Trinajstić information content (AvgIpc) is 2.84. The number of carbonyl (C=O) groups excluding carboxylic acids is 1. The minimum absolute atomic E-state index is 0.249. The molecule has 4 nitrogen and oxygen atoms in total. The Bertz CT molecular complexity index is 407. The third-order valence-electron chi connectivity index (χ3n) is 3.60. The fourth-order valence-electron chi connectivity index (χ4n) is 2.52. The first-order valence-electron chi connectivity index (χ1n) is 6.30. The Morgan fingerprint density at radius 3 is 2.89 bits per heavy atom. The van der Waals surface area contributed by atoms with E-state index < -0.39 is 5.82 Å². The van der Waals surface area contributed by atoms with Crippen LogP contribution < -0.4 is 11.1 Å². The molecule has 0 saturated heterocycles. The van der Waals surface area contributed by atoms with Crippen molar-refractivity contribution in [3.63, 3.8) is 0 Å². The van der Waals surface area contributed by atoms with E-state index in [9.17, 15) is 9.18 Å². The van der Waals surface area contributed by atoms with Crippen molar-refractivity contribution in [2.24, 2.45) is 17.6 Å². The fraction of sp³-hybridized carbons (Fsp3) is 0.538. The molecular formula is C13H18FN3O. The van der Waals surface area contributed by atoms with Gasteiger partial charge in [0.2, 0.25) is 0 Å². The van der Waals surface area contributed by atoms with Gasteiger partial charge in [0.1, 0.15) is 11.5 Å². The lowest BCUT2D eigenvalue weighted by atomic mass is 9.96. The second-order valence-electron chi connectivity index (χ2n) is 4.76. The molecule has 1 aromatic heterocycles. The van der Waals surface area contributed by atoms with Gasteiger partial charge >= 0.3 is 0 Å². The number of amides is 1. The van der Waals surface area contributed by atoms with Gasteiger partial charge in [-0.1, -0.05) is 6.42 Å². The summed E-state index contributed by atoms with van der Waals surface area (Å²) in [4.78, 5) is 15.5. The summed E-state index contributed by atoms with van der Waals surface area (Å²) in [5, 5.41) is 2.85. The molecule has 18 heavy (non-hydrogen) atoms. The number of nitrogens with two attached hydrogens (primary N) is 1. The van der Waals surface area contributed by atoms with Crippen molar-refractivity contribution in [3.05, 3.63) is 29.8 Å². The molecule has 2 unspecified atom stereocenters. The van der Waals surface area contributed by atoms with Crippen LogP contribution in [0.2, 0.25) is 0 Å². The summed E-state index contributed by atoms with van der Waals surface area (Å²) in [7, 11) is 0. The first kappa shape index (κ1) is 13.0. The van der Waals surface area contributed by atoms with Gasteiger partial charge in [-0.05, 0) is 43.4 Å². The van der Waals surface area contributed by atoms with Gasteiger partial charge < -0.3 is 11.1 Å². The molecule has 0 spiro atoms. The maximum absolute atomic E-state index is 12.7. The van der Waals surface area contributed by atoms with Crippen LogP contribution in [0.15, 0.2) is 18.3 Å². The number of hydrogen-bond donors (Lipinski definition) is 2. The summed E-state index contributed by atoms with van der Waals surface area (Å²) >= 11 is 0. The lowest BCUT2D eigenvalue weighted by Crippen LogP contribution is -2.33. The zero-order valence-corrected chi connectivity index (χ0v) is 10.2. The Kier molecular flexibility index (Phi) is 4.25. The van der Waals surface area contributed by atoms with Crippen molar-refractivity contribution >= 4 is 5.91 Å². The van der Waals surface area contributed by atoms with E-state index in [0.717, 1.165) is 19.0 Å². The minimum atomic E-state index is -0.439. The molecule has 98 valence electrons. The molecule has 2 atom stereocenters. The quantitative estimate of drug-likeness (QED) is 0.848. The van der Waals surface area contributed by atoms with Gasteiger partial charge in [-0.25, -0.2) is 9.37 Å². The third kappa shape index (κ3) is 3.04. The second-order valence-corrected chi connectivity index (χ2v) is 4.76. The zero-order valence-electron chi connectivity index (χ0n) is 10.2. The van der Waals surface area contributed by atoms with E-state index in [0.29, 0.717) is 24.9 Å². The first-order valence-corrected chi connectivity index (χ1v) is 6.30. The Morgan fingerprint density at radius 1 is 1.44 bits per heavy atom. The Labute approximate surface area is 106 Å². The summed E-state index contributed by atoms with van der Waals surface area (Å²) in [6.45, 7) is 1.30.